The Morgan fingerprint density at radius 2 is 1.91 bits per heavy atom. The van der Waals surface area contributed by atoms with Gasteiger partial charge in [0.2, 0.25) is 5.91 Å². The van der Waals surface area contributed by atoms with E-state index in [1.807, 2.05) is 45.9 Å². The van der Waals surface area contributed by atoms with Gasteiger partial charge < -0.3 is 14.4 Å². The van der Waals surface area contributed by atoms with E-state index in [-0.39, 0.29) is 17.9 Å². The zero-order valence-corrected chi connectivity index (χ0v) is 21.0. The molecule has 2 aliphatic rings. The summed E-state index contributed by atoms with van der Waals surface area (Å²) < 4.78 is 13.3. The fourth-order valence-electron chi connectivity index (χ4n) is 4.56. The first kappa shape index (κ1) is 25.0. The number of carbonyl (C=O) groups excluding carboxylic acids is 3. The van der Waals surface area contributed by atoms with E-state index >= 15 is 0 Å². The lowest BCUT2D eigenvalue weighted by atomic mass is 10.1. The highest BCUT2D eigenvalue weighted by Crippen LogP contribution is 2.32. The van der Waals surface area contributed by atoms with Crippen LogP contribution in [0.1, 0.15) is 51.8 Å². The molecule has 3 heterocycles. The van der Waals surface area contributed by atoms with Gasteiger partial charge in [0.1, 0.15) is 17.4 Å². The standard InChI is InChI=1S/C25H35N5O5/c1-17-22-18(30(27-17)19-9-10-21(31)26-23(19)32)7-5-8-20(22)34-16-6-11-28-12-14-29(15-13-28)24(33)35-25(2,3)4/h5,7-8,19H,6,9-16H2,1-4H3,(H,26,31,32). The summed E-state index contributed by atoms with van der Waals surface area (Å²) in [4.78, 5) is 40.2. The number of benzene rings is 1. The number of nitrogens with one attached hydrogen (secondary N) is 1. The Morgan fingerprint density at radius 1 is 1.17 bits per heavy atom. The number of hydrogen-bond acceptors (Lipinski definition) is 7. The molecule has 3 amide bonds. The summed E-state index contributed by atoms with van der Waals surface area (Å²) in [6, 6.07) is 5.25. The zero-order chi connectivity index (χ0) is 25.2. The van der Waals surface area contributed by atoms with Crippen molar-refractivity contribution in [3.05, 3.63) is 23.9 Å². The van der Waals surface area contributed by atoms with Gasteiger partial charge >= 0.3 is 6.09 Å². The van der Waals surface area contributed by atoms with Gasteiger partial charge in [-0.05, 0) is 52.7 Å². The van der Waals surface area contributed by atoms with Crippen molar-refractivity contribution in [2.45, 2.75) is 58.6 Å². The summed E-state index contributed by atoms with van der Waals surface area (Å²) in [6.07, 6.45) is 1.34. The van der Waals surface area contributed by atoms with Gasteiger partial charge in [-0.1, -0.05) is 6.07 Å². The third-order valence-corrected chi connectivity index (χ3v) is 6.28. The molecule has 190 valence electrons. The van der Waals surface area contributed by atoms with Crippen molar-refractivity contribution < 1.29 is 23.9 Å². The van der Waals surface area contributed by atoms with E-state index in [0.717, 1.165) is 48.4 Å². The largest absolute Gasteiger partial charge is 0.493 e. The molecular formula is C25H35N5O5. The van der Waals surface area contributed by atoms with Gasteiger partial charge in [0.15, 0.2) is 0 Å². The molecule has 0 saturated carbocycles. The smallest absolute Gasteiger partial charge is 0.410 e. The SMILES string of the molecule is Cc1nn(C2CCC(=O)NC2=O)c2cccc(OCCCN3CCN(C(=O)OC(C)(C)C)CC3)c12. The van der Waals surface area contributed by atoms with Crippen molar-refractivity contribution in [1.29, 1.82) is 0 Å². The number of nitrogens with zero attached hydrogens (tertiary/aromatic N) is 4. The third kappa shape index (κ3) is 5.93. The lowest BCUT2D eigenvalue weighted by Gasteiger charge is -2.35. The molecule has 10 nitrogen and oxygen atoms in total. The van der Waals surface area contributed by atoms with Crippen molar-refractivity contribution >= 4 is 28.8 Å². The van der Waals surface area contributed by atoms with Crippen LogP contribution in [0.5, 0.6) is 5.75 Å². The van der Waals surface area contributed by atoms with Gasteiger partial charge in [-0.3, -0.25) is 24.5 Å². The molecule has 1 aromatic heterocycles. The van der Waals surface area contributed by atoms with Crippen LogP contribution in [0, 0.1) is 6.92 Å². The van der Waals surface area contributed by atoms with Gasteiger partial charge in [-0.15, -0.1) is 0 Å². The molecule has 0 bridgehead atoms. The molecule has 35 heavy (non-hydrogen) atoms. The van der Waals surface area contributed by atoms with Crippen LogP contribution in [0.2, 0.25) is 0 Å². The Bertz CT molecular complexity index is 1100. The Morgan fingerprint density at radius 3 is 2.60 bits per heavy atom. The van der Waals surface area contributed by atoms with Crippen LogP contribution in [0.25, 0.3) is 10.9 Å². The molecule has 1 N–H and O–H groups in total. The first-order valence-corrected chi connectivity index (χ1v) is 12.3. The first-order valence-electron chi connectivity index (χ1n) is 12.3. The minimum Gasteiger partial charge on any atom is -0.493 e. The molecule has 4 rings (SSSR count). The Hall–Kier alpha value is -3.14. The molecule has 2 aromatic rings. The van der Waals surface area contributed by atoms with Crippen molar-refractivity contribution in [1.82, 2.24) is 24.9 Å². The molecule has 2 saturated heterocycles. The minimum atomic E-state index is -0.501. The molecule has 0 radical (unpaired) electrons. The van der Waals surface area contributed by atoms with E-state index in [0.29, 0.717) is 32.5 Å². The third-order valence-electron chi connectivity index (χ3n) is 6.28. The maximum absolute atomic E-state index is 12.4. The van der Waals surface area contributed by atoms with Crippen LogP contribution in [0.3, 0.4) is 0 Å². The molecule has 0 spiro atoms. The number of ether oxygens (including phenoxy) is 2. The van der Waals surface area contributed by atoms with Crippen molar-refractivity contribution in [3.63, 3.8) is 0 Å². The van der Waals surface area contributed by atoms with E-state index in [9.17, 15) is 14.4 Å². The van der Waals surface area contributed by atoms with Crippen molar-refractivity contribution in [3.8, 4) is 5.75 Å². The molecule has 2 fully saturated rings. The second-order valence-electron chi connectivity index (χ2n) is 10.2. The number of fused-ring (bicyclic) bond motifs is 1. The number of carbonyl (C=O) groups is 3. The maximum Gasteiger partial charge on any atom is 0.410 e. The summed E-state index contributed by atoms with van der Waals surface area (Å²) in [5, 5.41) is 7.91. The predicted octanol–water partition coefficient (Wildman–Crippen LogP) is 2.64. The summed E-state index contributed by atoms with van der Waals surface area (Å²) in [5.74, 6) is 0.187. The molecule has 10 heteroatoms. The molecule has 1 atom stereocenters. The number of hydrogen-bond donors (Lipinski definition) is 1. The number of piperazine rings is 1. The minimum absolute atomic E-state index is 0.241. The van der Waals surface area contributed by atoms with Gasteiger partial charge in [0, 0.05) is 39.1 Å². The van der Waals surface area contributed by atoms with Gasteiger partial charge in [0.25, 0.3) is 5.91 Å². The number of aryl methyl sites for hydroxylation is 1. The van der Waals surface area contributed by atoms with Crippen LogP contribution in [0.4, 0.5) is 4.79 Å². The van der Waals surface area contributed by atoms with E-state index in [1.54, 1.807) is 9.58 Å². The second kappa shape index (κ2) is 10.2. The van der Waals surface area contributed by atoms with Crippen LogP contribution in [0.15, 0.2) is 18.2 Å². The number of rotatable bonds is 6. The fraction of sp³-hybridized carbons (Fsp3) is 0.600. The van der Waals surface area contributed by atoms with Gasteiger partial charge in [0.05, 0.1) is 23.2 Å². The van der Waals surface area contributed by atoms with Gasteiger partial charge in [-0.2, -0.15) is 5.10 Å². The van der Waals surface area contributed by atoms with E-state index in [1.165, 1.54) is 0 Å². The molecule has 1 unspecified atom stereocenters. The number of imide groups is 1. The maximum atomic E-state index is 12.4. The lowest BCUT2D eigenvalue weighted by molar-refractivity contribution is -0.135. The zero-order valence-electron chi connectivity index (χ0n) is 21.0. The number of aromatic nitrogens is 2. The Balaban J connectivity index is 1.30. The van der Waals surface area contributed by atoms with Crippen molar-refractivity contribution in [2.24, 2.45) is 0 Å². The summed E-state index contributed by atoms with van der Waals surface area (Å²) in [6.45, 7) is 11.9. The topological polar surface area (TPSA) is 106 Å². The fourth-order valence-corrected chi connectivity index (χ4v) is 4.56. The van der Waals surface area contributed by atoms with E-state index < -0.39 is 11.6 Å². The summed E-state index contributed by atoms with van der Waals surface area (Å²) in [5.41, 5.74) is 1.14. The van der Waals surface area contributed by atoms with Crippen LogP contribution in [-0.2, 0) is 14.3 Å². The molecular weight excluding hydrogens is 450 g/mol. The average molecular weight is 486 g/mol. The number of amides is 3. The van der Waals surface area contributed by atoms with E-state index in [2.05, 4.69) is 15.3 Å². The first-order chi connectivity index (χ1) is 16.6. The Labute approximate surface area is 205 Å². The molecule has 2 aliphatic heterocycles. The Kier molecular flexibility index (Phi) is 7.30. The summed E-state index contributed by atoms with van der Waals surface area (Å²) >= 11 is 0. The highest BCUT2D eigenvalue weighted by molar-refractivity contribution is 6.00. The molecule has 1 aromatic carbocycles. The van der Waals surface area contributed by atoms with Crippen LogP contribution < -0.4 is 10.1 Å². The summed E-state index contributed by atoms with van der Waals surface area (Å²) in [7, 11) is 0. The van der Waals surface area contributed by atoms with E-state index in [4.69, 9.17) is 9.47 Å². The number of piperidine rings is 1. The molecule has 0 aliphatic carbocycles. The highest BCUT2D eigenvalue weighted by Gasteiger charge is 2.31. The van der Waals surface area contributed by atoms with Crippen molar-refractivity contribution in [2.75, 3.05) is 39.3 Å². The van der Waals surface area contributed by atoms with Crippen LogP contribution in [-0.4, -0.2) is 82.4 Å². The average Bonchev–Trinajstić information content (AvgIpc) is 3.13. The normalized spacial score (nSPS) is 19.7. The lowest BCUT2D eigenvalue weighted by Crippen LogP contribution is -2.50. The monoisotopic (exact) mass is 485 g/mol. The predicted molar refractivity (Wildman–Crippen MR) is 130 cm³/mol. The van der Waals surface area contributed by atoms with Gasteiger partial charge in [-0.25, -0.2) is 4.79 Å². The second-order valence-corrected chi connectivity index (χ2v) is 10.2. The quantitative estimate of drug-likeness (QED) is 0.495. The van der Waals surface area contributed by atoms with Crippen LogP contribution >= 0.6 is 0 Å². The highest BCUT2D eigenvalue weighted by atomic mass is 16.6.